The number of ether oxygens (including phenoxy) is 2. The molecule has 0 fully saturated rings. The molecule has 0 amide bonds. The highest BCUT2D eigenvalue weighted by atomic mass is 19.3. The molecule has 86 valence electrons. The predicted molar refractivity (Wildman–Crippen MR) is 50.8 cm³/mol. The molecule has 0 unspecified atom stereocenters. The molecule has 0 aromatic rings. The molecule has 0 saturated heterocycles. The zero-order chi connectivity index (χ0) is 10.9. The standard InChI is InChI=1S/C9H19F2NO2/c1-3-12-7-9(10,11)8-14-6-4-5-13-2/h12H,3-8H2,1-2H3. The highest BCUT2D eigenvalue weighted by Crippen LogP contribution is 2.12. The molecule has 0 atom stereocenters. The van der Waals surface area contributed by atoms with Gasteiger partial charge in [0.1, 0.15) is 6.61 Å². The minimum absolute atomic E-state index is 0.315. The molecular weight excluding hydrogens is 192 g/mol. The minimum Gasteiger partial charge on any atom is -0.385 e. The Morgan fingerprint density at radius 2 is 2.00 bits per heavy atom. The van der Waals surface area contributed by atoms with Crippen LogP contribution in [0, 0.1) is 0 Å². The van der Waals surface area contributed by atoms with Gasteiger partial charge in [-0.1, -0.05) is 6.92 Å². The van der Waals surface area contributed by atoms with Crippen molar-refractivity contribution >= 4 is 0 Å². The minimum atomic E-state index is -2.77. The Labute approximate surface area is 83.8 Å². The second-order valence-corrected chi connectivity index (χ2v) is 3.04. The number of hydrogen-bond donors (Lipinski definition) is 1. The third-order valence-electron chi connectivity index (χ3n) is 1.58. The van der Waals surface area contributed by atoms with Gasteiger partial charge in [-0.15, -0.1) is 0 Å². The maximum Gasteiger partial charge on any atom is 0.283 e. The van der Waals surface area contributed by atoms with E-state index in [9.17, 15) is 8.78 Å². The summed E-state index contributed by atoms with van der Waals surface area (Å²) in [6, 6.07) is 0. The van der Waals surface area contributed by atoms with Crippen LogP contribution < -0.4 is 5.32 Å². The molecule has 14 heavy (non-hydrogen) atoms. The third-order valence-corrected chi connectivity index (χ3v) is 1.58. The van der Waals surface area contributed by atoms with Crippen molar-refractivity contribution in [2.45, 2.75) is 19.3 Å². The molecule has 0 heterocycles. The SMILES string of the molecule is CCNCC(F)(F)COCCCOC. The van der Waals surface area contributed by atoms with Crippen LogP contribution >= 0.6 is 0 Å². The second kappa shape index (κ2) is 8.08. The number of hydrogen-bond acceptors (Lipinski definition) is 3. The van der Waals surface area contributed by atoms with Gasteiger partial charge < -0.3 is 14.8 Å². The van der Waals surface area contributed by atoms with Crippen LogP contribution in [-0.2, 0) is 9.47 Å². The van der Waals surface area contributed by atoms with Crippen LogP contribution in [0.1, 0.15) is 13.3 Å². The fourth-order valence-electron chi connectivity index (χ4n) is 0.886. The fraction of sp³-hybridized carbons (Fsp3) is 1.00. The van der Waals surface area contributed by atoms with Crippen molar-refractivity contribution in [3.05, 3.63) is 0 Å². The lowest BCUT2D eigenvalue weighted by atomic mass is 10.3. The molecule has 0 aliphatic rings. The second-order valence-electron chi connectivity index (χ2n) is 3.04. The predicted octanol–water partition coefficient (Wildman–Crippen LogP) is 1.28. The monoisotopic (exact) mass is 211 g/mol. The molecule has 0 aromatic heterocycles. The van der Waals surface area contributed by atoms with Gasteiger partial charge in [-0.25, -0.2) is 8.78 Å². The van der Waals surface area contributed by atoms with Crippen LogP contribution in [0.15, 0.2) is 0 Å². The first-order chi connectivity index (χ1) is 6.62. The van der Waals surface area contributed by atoms with E-state index in [1.54, 1.807) is 14.0 Å². The Bertz CT molecular complexity index is 134. The molecule has 3 nitrogen and oxygen atoms in total. The Morgan fingerprint density at radius 3 is 2.57 bits per heavy atom. The van der Waals surface area contributed by atoms with Crippen molar-refractivity contribution in [1.29, 1.82) is 0 Å². The highest BCUT2D eigenvalue weighted by molar-refractivity contribution is 4.67. The summed E-state index contributed by atoms with van der Waals surface area (Å²) in [4.78, 5) is 0. The average Bonchev–Trinajstić information content (AvgIpc) is 2.15. The molecule has 0 rings (SSSR count). The number of halogens is 2. The van der Waals surface area contributed by atoms with E-state index in [0.717, 1.165) is 0 Å². The lowest BCUT2D eigenvalue weighted by Crippen LogP contribution is -2.36. The largest absolute Gasteiger partial charge is 0.385 e. The van der Waals surface area contributed by atoms with E-state index in [2.05, 4.69) is 5.32 Å². The Hall–Kier alpha value is -0.260. The van der Waals surface area contributed by atoms with Crippen LogP contribution in [0.2, 0.25) is 0 Å². The summed E-state index contributed by atoms with van der Waals surface area (Å²) in [5.74, 6) is -2.77. The van der Waals surface area contributed by atoms with Crippen molar-refractivity contribution in [2.24, 2.45) is 0 Å². The molecule has 0 radical (unpaired) electrons. The molecule has 0 aliphatic heterocycles. The van der Waals surface area contributed by atoms with Crippen LogP contribution in [0.3, 0.4) is 0 Å². The molecule has 5 heteroatoms. The first-order valence-electron chi connectivity index (χ1n) is 4.77. The van der Waals surface area contributed by atoms with Gasteiger partial charge in [-0.2, -0.15) is 0 Å². The van der Waals surface area contributed by atoms with Crippen molar-refractivity contribution < 1.29 is 18.3 Å². The normalized spacial score (nSPS) is 12.0. The van der Waals surface area contributed by atoms with Crippen LogP contribution in [0.4, 0.5) is 8.78 Å². The zero-order valence-corrected chi connectivity index (χ0v) is 8.82. The fourth-order valence-corrected chi connectivity index (χ4v) is 0.886. The molecule has 0 aliphatic carbocycles. The highest BCUT2D eigenvalue weighted by Gasteiger charge is 2.28. The first kappa shape index (κ1) is 13.7. The molecule has 0 aromatic carbocycles. The van der Waals surface area contributed by atoms with E-state index in [1.165, 1.54) is 0 Å². The van der Waals surface area contributed by atoms with Gasteiger partial charge in [-0.3, -0.25) is 0 Å². The van der Waals surface area contributed by atoms with E-state index >= 15 is 0 Å². The maximum atomic E-state index is 12.9. The summed E-state index contributed by atoms with van der Waals surface area (Å²) in [6.45, 7) is 2.33. The topological polar surface area (TPSA) is 30.5 Å². The summed E-state index contributed by atoms with van der Waals surface area (Å²) in [5, 5.41) is 2.59. The van der Waals surface area contributed by atoms with Crippen molar-refractivity contribution in [3.63, 3.8) is 0 Å². The first-order valence-corrected chi connectivity index (χ1v) is 4.77. The van der Waals surface area contributed by atoms with Crippen LogP contribution in [-0.4, -0.2) is 45.9 Å². The van der Waals surface area contributed by atoms with E-state index in [0.29, 0.717) is 26.2 Å². The van der Waals surface area contributed by atoms with Gasteiger partial charge >= 0.3 is 0 Å². The van der Waals surface area contributed by atoms with Gasteiger partial charge in [-0.05, 0) is 13.0 Å². The summed E-state index contributed by atoms with van der Waals surface area (Å²) >= 11 is 0. The van der Waals surface area contributed by atoms with Gasteiger partial charge in [0.2, 0.25) is 0 Å². The van der Waals surface area contributed by atoms with Crippen LogP contribution in [0.25, 0.3) is 0 Å². The Morgan fingerprint density at radius 1 is 1.29 bits per heavy atom. The van der Waals surface area contributed by atoms with Gasteiger partial charge in [0.15, 0.2) is 0 Å². The quantitative estimate of drug-likeness (QED) is 0.583. The van der Waals surface area contributed by atoms with Crippen molar-refractivity contribution in [2.75, 3.05) is 40.0 Å². The van der Waals surface area contributed by atoms with E-state index in [4.69, 9.17) is 9.47 Å². The number of nitrogens with one attached hydrogen (secondary N) is 1. The smallest absolute Gasteiger partial charge is 0.283 e. The molecule has 0 bridgehead atoms. The van der Waals surface area contributed by atoms with Crippen molar-refractivity contribution in [3.8, 4) is 0 Å². The maximum absolute atomic E-state index is 12.9. The Kier molecular flexibility index (Phi) is 7.93. The van der Waals surface area contributed by atoms with Gasteiger partial charge in [0, 0.05) is 20.3 Å². The molecule has 0 saturated carbocycles. The van der Waals surface area contributed by atoms with Gasteiger partial charge in [0.25, 0.3) is 5.92 Å². The third kappa shape index (κ3) is 8.34. The van der Waals surface area contributed by atoms with E-state index in [1.807, 2.05) is 0 Å². The Balaban J connectivity index is 3.35. The van der Waals surface area contributed by atoms with Gasteiger partial charge in [0.05, 0.1) is 6.54 Å². The van der Waals surface area contributed by atoms with E-state index < -0.39 is 12.5 Å². The summed E-state index contributed by atoms with van der Waals surface area (Å²) in [5.41, 5.74) is 0. The molecule has 0 spiro atoms. The lowest BCUT2D eigenvalue weighted by molar-refractivity contribution is -0.0762. The average molecular weight is 211 g/mol. The number of alkyl halides is 2. The zero-order valence-electron chi connectivity index (χ0n) is 8.82. The number of methoxy groups -OCH3 is 1. The molecular formula is C9H19F2NO2. The number of rotatable bonds is 9. The molecule has 1 N–H and O–H groups in total. The summed E-state index contributed by atoms with van der Waals surface area (Å²) in [6.07, 6.45) is 0.647. The van der Waals surface area contributed by atoms with Crippen LogP contribution in [0.5, 0.6) is 0 Å². The summed E-state index contributed by atoms with van der Waals surface area (Å²) < 4.78 is 35.4. The van der Waals surface area contributed by atoms with E-state index in [-0.39, 0.29) is 6.54 Å². The summed E-state index contributed by atoms with van der Waals surface area (Å²) in [7, 11) is 1.57. The lowest BCUT2D eigenvalue weighted by Gasteiger charge is -2.16. The van der Waals surface area contributed by atoms with Crippen molar-refractivity contribution in [1.82, 2.24) is 5.32 Å².